The summed E-state index contributed by atoms with van der Waals surface area (Å²) >= 11 is 0. The molecule has 6 heteroatoms. The molecule has 13 heavy (non-hydrogen) atoms. The second-order valence-corrected chi connectivity index (χ2v) is 4.44. The molecule has 0 aromatic carbocycles. The van der Waals surface area contributed by atoms with Gasteiger partial charge in [-0.25, -0.2) is 0 Å². The number of hydrogen-bond acceptors (Lipinski definition) is 4. The lowest BCUT2D eigenvalue weighted by Crippen LogP contribution is -2.44. The molecule has 0 aliphatic carbocycles. The van der Waals surface area contributed by atoms with Gasteiger partial charge in [-0.1, -0.05) is 20.3 Å². The zero-order valence-electron chi connectivity index (χ0n) is 7.69. The fourth-order valence-electron chi connectivity index (χ4n) is 1.04. The van der Waals surface area contributed by atoms with Crippen LogP contribution in [-0.4, -0.2) is 28.1 Å². The molecule has 0 fully saturated rings. The zero-order chi connectivity index (χ0) is 10.7. The SMILES string of the molecule is CCCC(O)([C](O)CC)S(=O)(=O)O. The van der Waals surface area contributed by atoms with Crippen molar-refractivity contribution in [1.29, 1.82) is 0 Å². The lowest BCUT2D eigenvalue weighted by atomic mass is 10.1. The Morgan fingerprint density at radius 1 is 1.38 bits per heavy atom. The van der Waals surface area contributed by atoms with Gasteiger partial charge in [-0.05, 0) is 12.8 Å². The molecular weight excluding hydrogens is 196 g/mol. The van der Waals surface area contributed by atoms with Crippen molar-refractivity contribution in [3.05, 3.63) is 6.10 Å². The monoisotopic (exact) mass is 211 g/mol. The Morgan fingerprint density at radius 2 is 1.85 bits per heavy atom. The maximum atomic E-state index is 10.8. The summed E-state index contributed by atoms with van der Waals surface area (Å²) in [5.74, 6) is 0. The minimum atomic E-state index is -4.67. The first-order valence-electron chi connectivity index (χ1n) is 4.04. The van der Waals surface area contributed by atoms with E-state index in [0.29, 0.717) is 6.42 Å². The second-order valence-electron chi connectivity index (χ2n) is 2.81. The van der Waals surface area contributed by atoms with E-state index in [4.69, 9.17) is 4.55 Å². The van der Waals surface area contributed by atoms with Crippen molar-refractivity contribution in [2.24, 2.45) is 0 Å². The quantitative estimate of drug-likeness (QED) is 0.581. The van der Waals surface area contributed by atoms with Crippen LogP contribution in [0.25, 0.3) is 0 Å². The van der Waals surface area contributed by atoms with E-state index in [1.807, 2.05) is 0 Å². The summed E-state index contributed by atoms with van der Waals surface area (Å²) in [6, 6.07) is 0. The van der Waals surface area contributed by atoms with Crippen LogP contribution in [0, 0.1) is 6.10 Å². The van der Waals surface area contributed by atoms with Gasteiger partial charge in [0.1, 0.15) is 6.10 Å². The molecular formula is C7H15O5S. The molecule has 0 amide bonds. The predicted octanol–water partition coefficient (Wildman–Crippen LogP) is 0.677. The Labute approximate surface area is 78.1 Å². The Kier molecular flexibility index (Phi) is 4.31. The van der Waals surface area contributed by atoms with E-state index in [-0.39, 0.29) is 12.8 Å². The van der Waals surface area contributed by atoms with E-state index in [1.165, 1.54) is 6.92 Å². The number of aliphatic hydroxyl groups excluding tert-OH is 1. The first-order valence-corrected chi connectivity index (χ1v) is 5.48. The van der Waals surface area contributed by atoms with Gasteiger partial charge in [0.25, 0.3) is 10.1 Å². The zero-order valence-corrected chi connectivity index (χ0v) is 8.50. The molecule has 0 saturated heterocycles. The Hall–Kier alpha value is -0.170. The third kappa shape index (κ3) is 2.63. The maximum absolute atomic E-state index is 10.8. The highest BCUT2D eigenvalue weighted by atomic mass is 32.2. The van der Waals surface area contributed by atoms with Gasteiger partial charge in [-0.2, -0.15) is 8.42 Å². The summed E-state index contributed by atoms with van der Waals surface area (Å²) in [6.07, 6.45) is -0.529. The number of rotatable bonds is 5. The van der Waals surface area contributed by atoms with Crippen LogP contribution in [0.4, 0.5) is 0 Å². The molecule has 79 valence electrons. The second kappa shape index (κ2) is 4.36. The molecule has 0 rings (SSSR count). The first kappa shape index (κ1) is 12.8. The summed E-state index contributed by atoms with van der Waals surface area (Å²) in [5, 5.41) is 18.7. The van der Waals surface area contributed by atoms with E-state index in [0.717, 1.165) is 0 Å². The van der Waals surface area contributed by atoms with Crippen molar-refractivity contribution < 1.29 is 23.2 Å². The normalized spacial score (nSPS) is 17.4. The van der Waals surface area contributed by atoms with Crippen LogP contribution in [0.5, 0.6) is 0 Å². The minimum absolute atomic E-state index is 0.0176. The third-order valence-electron chi connectivity index (χ3n) is 1.80. The van der Waals surface area contributed by atoms with Crippen LogP contribution in [0.1, 0.15) is 33.1 Å². The highest BCUT2D eigenvalue weighted by Gasteiger charge is 2.46. The molecule has 1 unspecified atom stereocenters. The van der Waals surface area contributed by atoms with E-state index in [9.17, 15) is 18.6 Å². The fourth-order valence-corrected chi connectivity index (χ4v) is 1.94. The van der Waals surface area contributed by atoms with E-state index in [2.05, 4.69) is 0 Å². The van der Waals surface area contributed by atoms with Crippen molar-refractivity contribution in [1.82, 2.24) is 0 Å². The molecule has 0 aliphatic heterocycles. The van der Waals surface area contributed by atoms with E-state index < -0.39 is 21.2 Å². The summed E-state index contributed by atoms with van der Waals surface area (Å²) in [5.41, 5.74) is 0. The van der Waals surface area contributed by atoms with Crippen LogP contribution in [0.3, 0.4) is 0 Å². The molecule has 0 aromatic rings. The van der Waals surface area contributed by atoms with Crippen molar-refractivity contribution in [3.8, 4) is 0 Å². The number of hydrogen-bond donors (Lipinski definition) is 3. The average Bonchev–Trinajstić information content (AvgIpc) is 2.01. The molecule has 0 heterocycles. The maximum Gasteiger partial charge on any atom is 0.298 e. The van der Waals surface area contributed by atoms with Gasteiger partial charge in [0, 0.05) is 0 Å². The predicted molar refractivity (Wildman–Crippen MR) is 46.9 cm³/mol. The Balaban J connectivity index is 4.95. The smallest absolute Gasteiger partial charge is 0.298 e. The van der Waals surface area contributed by atoms with Gasteiger partial charge in [0.15, 0.2) is 0 Å². The van der Waals surface area contributed by atoms with Crippen LogP contribution in [0.15, 0.2) is 0 Å². The molecule has 0 aromatic heterocycles. The molecule has 1 radical (unpaired) electrons. The van der Waals surface area contributed by atoms with Crippen molar-refractivity contribution in [2.75, 3.05) is 0 Å². The fraction of sp³-hybridized carbons (Fsp3) is 0.857. The average molecular weight is 211 g/mol. The van der Waals surface area contributed by atoms with Gasteiger partial charge < -0.3 is 10.2 Å². The summed E-state index contributed by atoms with van der Waals surface area (Å²) in [4.78, 5) is -2.50. The van der Waals surface area contributed by atoms with Crippen LogP contribution < -0.4 is 0 Å². The van der Waals surface area contributed by atoms with Gasteiger partial charge in [0.05, 0.1) is 0 Å². The molecule has 0 aliphatic rings. The van der Waals surface area contributed by atoms with Gasteiger partial charge in [-0.15, -0.1) is 0 Å². The summed E-state index contributed by atoms with van der Waals surface area (Å²) < 4.78 is 30.2. The van der Waals surface area contributed by atoms with Crippen LogP contribution in [-0.2, 0) is 10.1 Å². The van der Waals surface area contributed by atoms with Crippen molar-refractivity contribution >= 4 is 10.1 Å². The topological polar surface area (TPSA) is 94.8 Å². The van der Waals surface area contributed by atoms with Crippen molar-refractivity contribution in [3.63, 3.8) is 0 Å². The molecule has 0 bridgehead atoms. The Bertz CT molecular complexity index is 248. The van der Waals surface area contributed by atoms with E-state index in [1.54, 1.807) is 6.92 Å². The lowest BCUT2D eigenvalue weighted by molar-refractivity contribution is 0.0412. The van der Waals surface area contributed by atoms with Gasteiger partial charge in [0.2, 0.25) is 4.93 Å². The largest absolute Gasteiger partial charge is 0.382 e. The van der Waals surface area contributed by atoms with Crippen molar-refractivity contribution in [2.45, 2.75) is 38.0 Å². The first-order chi connectivity index (χ1) is 5.79. The molecule has 3 N–H and O–H groups in total. The van der Waals surface area contributed by atoms with Gasteiger partial charge >= 0.3 is 0 Å². The van der Waals surface area contributed by atoms with Crippen LogP contribution >= 0.6 is 0 Å². The molecule has 0 spiro atoms. The molecule has 5 nitrogen and oxygen atoms in total. The highest BCUT2D eigenvalue weighted by Crippen LogP contribution is 2.30. The lowest BCUT2D eigenvalue weighted by Gasteiger charge is -2.27. The van der Waals surface area contributed by atoms with E-state index >= 15 is 0 Å². The van der Waals surface area contributed by atoms with Crippen LogP contribution in [0.2, 0.25) is 0 Å². The third-order valence-corrected chi connectivity index (χ3v) is 3.09. The standard InChI is InChI=1S/C7H15O5S/c1-3-5-7(9,6(8)4-2)13(10,11)12/h8-9H,3-5H2,1-2H3,(H,10,11,12). The van der Waals surface area contributed by atoms with Gasteiger partial charge in [-0.3, -0.25) is 4.55 Å². The Morgan fingerprint density at radius 3 is 2.08 bits per heavy atom. The number of aliphatic hydroxyl groups is 2. The molecule has 1 atom stereocenters. The summed E-state index contributed by atoms with van der Waals surface area (Å²) in [6.45, 7) is 3.13. The summed E-state index contributed by atoms with van der Waals surface area (Å²) in [7, 11) is -4.67. The highest BCUT2D eigenvalue weighted by molar-refractivity contribution is 7.87. The molecule has 0 saturated carbocycles. The minimum Gasteiger partial charge on any atom is -0.382 e.